The Kier molecular flexibility index (Phi) is 66.4. The standard InChI is InChI=1S/C72H139NO5/c1-3-5-7-9-11-13-15-17-19-21-23-26-29-32-36-40-44-48-52-56-60-64-70(75)69(68-74)73-71(76)65-61-57-53-49-45-41-37-33-30-27-24-25-28-31-35-39-43-47-51-55-59-63-67-78-72(77)66-62-58-54-50-46-42-38-34-22-20-18-16-14-12-10-8-6-4-2/h20,22,60,64,69-70,74-75H,3-19,21,23-59,61-63,65-68H2,1-2H3,(H,73,76)/b22-20-,64-60+. The van der Waals surface area contributed by atoms with Crippen molar-refractivity contribution in [3.63, 3.8) is 0 Å². The lowest BCUT2D eigenvalue weighted by Crippen LogP contribution is -2.45. The van der Waals surface area contributed by atoms with Crippen LogP contribution in [0.25, 0.3) is 0 Å². The van der Waals surface area contributed by atoms with Gasteiger partial charge in [-0.15, -0.1) is 0 Å². The van der Waals surface area contributed by atoms with E-state index in [-0.39, 0.29) is 18.5 Å². The Balaban J connectivity index is 3.39. The fourth-order valence-electron chi connectivity index (χ4n) is 11.3. The minimum absolute atomic E-state index is 0.0108. The molecule has 0 heterocycles. The highest BCUT2D eigenvalue weighted by atomic mass is 16.5. The number of hydrogen-bond donors (Lipinski definition) is 3. The molecule has 78 heavy (non-hydrogen) atoms. The molecule has 6 nitrogen and oxygen atoms in total. The predicted octanol–water partition coefficient (Wildman–Crippen LogP) is 22.9. The summed E-state index contributed by atoms with van der Waals surface area (Å²) in [4.78, 5) is 24.6. The van der Waals surface area contributed by atoms with Crippen molar-refractivity contribution in [2.75, 3.05) is 13.2 Å². The number of esters is 1. The SMILES string of the molecule is CCCCCCCCC/C=C\CCCCCCCCCC(=O)OCCCCCCCCCCCCCCCCCCCCCCCCC(=O)NC(CO)C(O)/C=C/CCCCCCCCCCCCCCCCCCCCC. The summed E-state index contributed by atoms with van der Waals surface area (Å²) in [6.45, 7) is 4.94. The van der Waals surface area contributed by atoms with Crippen LogP contribution in [0.4, 0.5) is 0 Å². The van der Waals surface area contributed by atoms with Crippen molar-refractivity contribution in [3.05, 3.63) is 24.3 Å². The van der Waals surface area contributed by atoms with E-state index in [4.69, 9.17) is 4.74 Å². The molecule has 462 valence electrons. The second-order valence-electron chi connectivity index (χ2n) is 24.6. The maximum atomic E-state index is 12.5. The summed E-state index contributed by atoms with van der Waals surface area (Å²) in [5.41, 5.74) is 0. The number of amides is 1. The minimum Gasteiger partial charge on any atom is -0.466 e. The Morgan fingerprint density at radius 3 is 0.910 bits per heavy atom. The third-order valence-corrected chi connectivity index (χ3v) is 16.7. The molecule has 0 spiro atoms. The van der Waals surface area contributed by atoms with E-state index >= 15 is 0 Å². The Labute approximate surface area is 488 Å². The van der Waals surface area contributed by atoms with Crippen molar-refractivity contribution >= 4 is 11.9 Å². The Morgan fingerprint density at radius 2 is 0.603 bits per heavy atom. The number of rotatable bonds is 67. The zero-order chi connectivity index (χ0) is 56.4. The minimum atomic E-state index is -0.846. The van der Waals surface area contributed by atoms with Crippen LogP contribution in [0.15, 0.2) is 24.3 Å². The molecule has 0 aromatic carbocycles. The van der Waals surface area contributed by atoms with Crippen LogP contribution in [-0.4, -0.2) is 47.4 Å². The van der Waals surface area contributed by atoms with Crippen LogP contribution in [-0.2, 0) is 14.3 Å². The van der Waals surface area contributed by atoms with Crippen molar-refractivity contribution in [1.82, 2.24) is 5.32 Å². The smallest absolute Gasteiger partial charge is 0.305 e. The van der Waals surface area contributed by atoms with Gasteiger partial charge in [-0.25, -0.2) is 0 Å². The molecule has 2 atom stereocenters. The van der Waals surface area contributed by atoms with Gasteiger partial charge in [0.1, 0.15) is 0 Å². The number of hydrogen-bond acceptors (Lipinski definition) is 5. The van der Waals surface area contributed by atoms with Crippen LogP contribution >= 0.6 is 0 Å². The van der Waals surface area contributed by atoms with Gasteiger partial charge in [-0.1, -0.05) is 353 Å². The van der Waals surface area contributed by atoms with Crippen LogP contribution < -0.4 is 5.32 Å². The van der Waals surface area contributed by atoms with Crippen molar-refractivity contribution in [3.8, 4) is 0 Å². The first-order valence-electron chi connectivity index (χ1n) is 35.6. The van der Waals surface area contributed by atoms with Crippen LogP contribution in [0, 0.1) is 0 Å². The van der Waals surface area contributed by atoms with Crippen molar-refractivity contribution < 1.29 is 24.5 Å². The summed E-state index contributed by atoms with van der Waals surface area (Å²) in [7, 11) is 0. The van der Waals surface area contributed by atoms with Gasteiger partial charge in [-0.2, -0.15) is 0 Å². The van der Waals surface area contributed by atoms with E-state index < -0.39 is 12.1 Å². The maximum absolute atomic E-state index is 12.5. The van der Waals surface area contributed by atoms with Crippen molar-refractivity contribution in [2.45, 2.75) is 411 Å². The summed E-state index contributed by atoms with van der Waals surface area (Å²) < 4.78 is 5.50. The summed E-state index contributed by atoms with van der Waals surface area (Å²) >= 11 is 0. The monoisotopic (exact) mass is 1100 g/mol. The van der Waals surface area contributed by atoms with Gasteiger partial charge in [0, 0.05) is 12.8 Å². The first kappa shape index (κ1) is 76.3. The largest absolute Gasteiger partial charge is 0.466 e. The number of ether oxygens (including phenoxy) is 1. The van der Waals surface area contributed by atoms with Crippen LogP contribution in [0.1, 0.15) is 399 Å². The third-order valence-electron chi connectivity index (χ3n) is 16.7. The number of aliphatic hydroxyl groups is 2. The molecular formula is C72H139NO5. The Morgan fingerprint density at radius 1 is 0.346 bits per heavy atom. The van der Waals surface area contributed by atoms with E-state index in [1.807, 2.05) is 6.08 Å². The Hall–Kier alpha value is -1.66. The van der Waals surface area contributed by atoms with Gasteiger partial charge in [-0.05, 0) is 57.8 Å². The highest BCUT2D eigenvalue weighted by Gasteiger charge is 2.18. The number of carbonyl (C=O) groups is 2. The summed E-state index contributed by atoms with van der Waals surface area (Å²) in [5, 5.41) is 23.3. The van der Waals surface area contributed by atoms with Gasteiger partial charge in [0.05, 0.1) is 25.4 Å². The van der Waals surface area contributed by atoms with Gasteiger partial charge >= 0.3 is 5.97 Å². The zero-order valence-electron chi connectivity index (χ0n) is 52.9. The number of allylic oxidation sites excluding steroid dienone is 3. The van der Waals surface area contributed by atoms with E-state index in [2.05, 4.69) is 31.3 Å². The molecule has 2 unspecified atom stereocenters. The number of nitrogens with one attached hydrogen (secondary N) is 1. The predicted molar refractivity (Wildman–Crippen MR) is 343 cm³/mol. The molecule has 3 N–H and O–H groups in total. The number of carbonyl (C=O) groups excluding carboxylic acids is 2. The zero-order valence-corrected chi connectivity index (χ0v) is 52.9. The van der Waals surface area contributed by atoms with Gasteiger partial charge < -0.3 is 20.3 Å². The lowest BCUT2D eigenvalue weighted by molar-refractivity contribution is -0.143. The molecule has 0 aromatic rings. The summed E-state index contributed by atoms with van der Waals surface area (Å²) in [6, 6.07) is -0.629. The molecule has 0 fully saturated rings. The number of unbranched alkanes of at least 4 members (excludes halogenated alkanes) is 54. The lowest BCUT2D eigenvalue weighted by Gasteiger charge is -2.20. The van der Waals surface area contributed by atoms with E-state index in [1.54, 1.807) is 6.08 Å². The average molecular weight is 1100 g/mol. The molecule has 0 radical (unpaired) electrons. The molecule has 0 aliphatic rings. The van der Waals surface area contributed by atoms with Gasteiger partial charge in [0.25, 0.3) is 0 Å². The molecule has 0 bridgehead atoms. The average Bonchev–Trinajstić information content (AvgIpc) is 3.44. The van der Waals surface area contributed by atoms with Crippen LogP contribution in [0.2, 0.25) is 0 Å². The van der Waals surface area contributed by atoms with E-state index in [1.165, 1.54) is 327 Å². The molecule has 0 rings (SSSR count). The highest BCUT2D eigenvalue weighted by Crippen LogP contribution is 2.19. The van der Waals surface area contributed by atoms with Crippen molar-refractivity contribution in [1.29, 1.82) is 0 Å². The molecule has 0 aromatic heterocycles. The quantitative estimate of drug-likeness (QED) is 0.0320. The second-order valence-corrected chi connectivity index (χ2v) is 24.6. The third kappa shape index (κ3) is 63.5. The van der Waals surface area contributed by atoms with Gasteiger partial charge in [0.15, 0.2) is 0 Å². The number of aliphatic hydroxyl groups excluding tert-OH is 2. The fraction of sp³-hybridized carbons (Fsp3) is 0.917. The van der Waals surface area contributed by atoms with Crippen LogP contribution in [0.5, 0.6) is 0 Å². The molecule has 0 saturated heterocycles. The molecule has 6 heteroatoms. The molecule has 0 aliphatic heterocycles. The summed E-state index contributed by atoms with van der Waals surface area (Å²) in [6.07, 6.45) is 85.4. The first-order chi connectivity index (χ1) is 38.5. The van der Waals surface area contributed by atoms with Crippen molar-refractivity contribution in [2.24, 2.45) is 0 Å². The Bertz CT molecular complexity index is 1220. The molecule has 0 saturated carbocycles. The van der Waals surface area contributed by atoms with Gasteiger partial charge in [0.2, 0.25) is 5.91 Å². The molecule has 0 aliphatic carbocycles. The van der Waals surface area contributed by atoms with Gasteiger partial charge in [-0.3, -0.25) is 9.59 Å². The van der Waals surface area contributed by atoms with E-state index in [0.29, 0.717) is 19.4 Å². The van der Waals surface area contributed by atoms with E-state index in [0.717, 1.165) is 44.9 Å². The fourth-order valence-corrected chi connectivity index (χ4v) is 11.3. The topological polar surface area (TPSA) is 95.9 Å². The molecular weight excluding hydrogens is 959 g/mol. The van der Waals surface area contributed by atoms with Crippen LogP contribution in [0.3, 0.4) is 0 Å². The summed E-state index contributed by atoms with van der Waals surface area (Å²) in [5.74, 6) is -0.0533. The highest BCUT2D eigenvalue weighted by molar-refractivity contribution is 5.76. The first-order valence-corrected chi connectivity index (χ1v) is 35.6. The molecule has 1 amide bonds. The van der Waals surface area contributed by atoms with E-state index in [9.17, 15) is 19.8 Å². The maximum Gasteiger partial charge on any atom is 0.305 e. The second kappa shape index (κ2) is 67.8. The lowest BCUT2D eigenvalue weighted by atomic mass is 10.0. The normalized spacial score (nSPS) is 12.6.